The molecule has 0 radical (unpaired) electrons. The second-order valence-corrected chi connectivity index (χ2v) is 9.39. The Labute approximate surface area is 147 Å². The molecule has 0 aliphatic heterocycles. The number of hydrogen-bond donors (Lipinski definition) is 0. The largest absolute Gasteiger partial charge is 0.456 e. The second-order valence-electron chi connectivity index (χ2n) is 5.39. The van der Waals surface area contributed by atoms with Gasteiger partial charge in [0.2, 0.25) is 0 Å². The summed E-state index contributed by atoms with van der Waals surface area (Å²) in [5, 5.41) is 0. The number of ether oxygens (including phenoxy) is 1. The van der Waals surface area contributed by atoms with Crippen LogP contribution in [0.25, 0.3) is 0 Å². The highest BCUT2D eigenvalue weighted by molar-refractivity contribution is 7.91. The Morgan fingerprint density at radius 3 is 2.00 bits per heavy atom. The minimum absolute atomic E-state index is 0.305. The van der Waals surface area contributed by atoms with Gasteiger partial charge in [-0.05, 0) is 36.4 Å². The predicted octanol–water partition coefficient (Wildman–Crippen LogP) is 3.44. The first-order valence-electron chi connectivity index (χ1n) is 6.78. The minimum Gasteiger partial charge on any atom is -0.456 e. The lowest BCUT2D eigenvalue weighted by atomic mass is 10.2. The van der Waals surface area contributed by atoms with Crippen LogP contribution in [-0.4, -0.2) is 29.3 Å². The van der Waals surface area contributed by atoms with E-state index in [9.17, 15) is 34.4 Å². The molecule has 0 atom stereocenters. The lowest BCUT2D eigenvalue weighted by Gasteiger charge is -2.13. The Kier molecular flexibility index (Phi) is 5.08. The van der Waals surface area contributed by atoms with Gasteiger partial charge in [0.15, 0.2) is 19.7 Å². The fourth-order valence-electron chi connectivity index (χ4n) is 2.01. The molecule has 26 heavy (non-hydrogen) atoms. The molecule has 0 aromatic heterocycles. The second kappa shape index (κ2) is 6.54. The van der Waals surface area contributed by atoms with Gasteiger partial charge in [-0.3, -0.25) is 0 Å². The van der Waals surface area contributed by atoms with Crippen LogP contribution in [0, 0.1) is 5.82 Å². The summed E-state index contributed by atoms with van der Waals surface area (Å²) in [7, 11) is -7.69. The summed E-state index contributed by atoms with van der Waals surface area (Å²) >= 11 is 0. The van der Waals surface area contributed by atoms with E-state index in [1.165, 1.54) is 0 Å². The fourth-order valence-corrected chi connectivity index (χ4v) is 3.54. The number of hydrogen-bond acceptors (Lipinski definition) is 5. The van der Waals surface area contributed by atoms with E-state index in [1.54, 1.807) is 0 Å². The quantitative estimate of drug-likeness (QED) is 0.719. The Morgan fingerprint density at radius 1 is 0.885 bits per heavy atom. The highest BCUT2D eigenvalue weighted by atomic mass is 32.2. The van der Waals surface area contributed by atoms with Crippen molar-refractivity contribution in [1.29, 1.82) is 0 Å². The van der Waals surface area contributed by atoms with Gasteiger partial charge in [0.1, 0.15) is 22.2 Å². The van der Waals surface area contributed by atoms with Crippen molar-refractivity contribution in [3.8, 4) is 11.5 Å². The molecular weight excluding hydrogens is 400 g/mol. The zero-order valence-corrected chi connectivity index (χ0v) is 15.0. The molecule has 0 spiro atoms. The van der Waals surface area contributed by atoms with Crippen molar-refractivity contribution in [3.05, 3.63) is 47.8 Å². The highest BCUT2D eigenvalue weighted by Gasteiger charge is 2.34. The third-order valence-corrected chi connectivity index (χ3v) is 5.44. The van der Waals surface area contributed by atoms with Crippen molar-refractivity contribution >= 4 is 19.7 Å². The molecule has 11 heteroatoms. The van der Waals surface area contributed by atoms with Gasteiger partial charge in [-0.15, -0.1) is 0 Å². The Hall–Kier alpha value is -2.14. The third kappa shape index (κ3) is 4.52. The van der Waals surface area contributed by atoms with Crippen LogP contribution in [0.1, 0.15) is 5.56 Å². The zero-order chi connectivity index (χ0) is 19.9. The average molecular weight is 412 g/mol. The number of alkyl halides is 3. The van der Waals surface area contributed by atoms with Crippen LogP contribution in [-0.2, 0) is 25.9 Å². The molecule has 0 unspecified atom stereocenters. The van der Waals surface area contributed by atoms with Crippen LogP contribution < -0.4 is 4.74 Å². The monoisotopic (exact) mass is 412 g/mol. The maximum Gasteiger partial charge on any atom is 0.419 e. The molecular formula is C15H12F4O5S2. The van der Waals surface area contributed by atoms with Crippen LogP contribution in [0.4, 0.5) is 17.6 Å². The molecule has 142 valence electrons. The lowest BCUT2D eigenvalue weighted by molar-refractivity contribution is -0.140. The van der Waals surface area contributed by atoms with Gasteiger partial charge in [-0.25, -0.2) is 21.2 Å². The summed E-state index contributed by atoms with van der Waals surface area (Å²) in [6.07, 6.45) is -3.32. The first kappa shape index (κ1) is 20.2. The molecule has 0 bridgehead atoms. The summed E-state index contributed by atoms with van der Waals surface area (Å²) in [6, 6.07) is 4.70. The third-order valence-electron chi connectivity index (χ3n) is 3.21. The summed E-state index contributed by atoms with van der Waals surface area (Å²) in [5.41, 5.74) is -1.58. The van der Waals surface area contributed by atoms with Crippen molar-refractivity contribution in [1.82, 2.24) is 0 Å². The standard InChI is InChI=1S/C15H12F4O5S2/c1-25(20,21)10-4-6-13(14(8-10)26(2,22)23)24-9-3-5-12(16)11(7-9)15(17,18)19/h3-8H,1-2H3. The van der Waals surface area contributed by atoms with E-state index >= 15 is 0 Å². The van der Waals surface area contributed by atoms with Crippen molar-refractivity contribution < 1.29 is 39.1 Å². The summed E-state index contributed by atoms with van der Waals surface area (Å²) in [6.45, 7) is 0. The lowest BCUT2D eigenvalue weighted by Crippen LogP contribution is -2.08. The molecule has 0 saturated heterocycles. The summed E-state index contributed by atoms with van der Waals surface area (Å²) in [5.74, 6) is -2.36. The molecule has 0 amide bonds. The number of rotatable bonds is 4. The Bertz CT molecular complexity index is 1060. The maximum atomic E-state index is 13.3. The molecule has 0 aliphatic rings. The molecule has 0 aliphatic carbocycles. The molecule has 5 nitrogen and oxygen atoms in total. The SMILES string of the molecule is CS(=O)(=O)c1ccc(Oc2ccc(F)c(C(F)(F)F)c2)c(S(C)(=O)=O)c1. The van der Waals surface area contributed by atoms with Crippen molar-refractivity contribution in [2.75, 3.05) is 12.5 Å². The van der Waals surface area contributed by atoms with Crippen molar-refractivity contribution in [2.45, 2.75) is 16.0 Å². The minimum atomic E-state index is -4.97. The van der Waals surface area contributed by atoms with Gasteiger partial charge in [0, 0.05) is 12.5 Å². The number of benzene rings is 2. The van der Waals surface area contributed by atoms with E-state index in [2.05, 4.69) is 0 Å². The van der Waals surface area contributed by atoms with Gasteiger partial charge in [-0.2, -0.15) is 13.2 Å². The smallest absolute Gasteiger partial charge is 0.419 e. The van der Waals surface area contributed by atoms with Crippen LogP contribution in [0.5, 0.6) is 11.5 Å². The number of halogens is 4. The molecule has 2 rings (SSSR count). The van der Waals surface area contributed by atoms with Crippen molar-refractivity contribution in [2.24, 2.45) is 0 Å². The summed E-state index contributed by atoms with van der Waals surface area (Å²) < 4.78 is 104. The Balaban J connectivity index is 2.57. The molecule has 0 fully saturated rings. The summed E-state index contributed by atoms with van der Waals surface area (Å²) in [4.78, 5) is -0.835. The van der Waals surface area contributed by atoms with Gasteiger partial charge < -0.3 is 4.74 Å². The average Bonchev–Trinajstić information content (AvgIpc) is 2.46. The van der Waals surface area contributed by atoms with Crippen LogP contribution in [0.15, 0.2) is 46.2 Å². The van der Waals surface area contributed by atoms with Crippen LogP contribution in [0.2, 0.25) is 0 Å². The molecule has 2 aromatic carbocycles. The number of sulfone groups is 2. The zero-order valence-electron chi connectivity index (χ0n) is 13.3. The Morgan fingerprint density at radius 2 is 1.50 bits per heavy atom. The normalized spacial score (nSPS) is 12.8. The van der Waals surface area contributed by atoms with E-state index in [0.717, 1.165) is 36.8 Å². The molecule has 0 N–H and O–H groups in total. The first-order chi connectivity index (χ1) is 11.7. The highest BCUT2D eigenvalue weighted by Crippen LogP contribution is 2.36. The van der Waals surface area contributed by atoms with E-state index in [4.69, 9.17) is 4.74 Å². The predicted molar refractivity (Wildman–Crippen MR) is 84.1 cm³/mol. The van der Waals surface area contributed by atoms with E-state index in [0.29, 0.717) is 12.1 Å². The fraction of sp³-hybridized carbons (Fsp3) is 0.200. The van der Waals surface area contributed by atoms with Crippen LogP contribution >= 0.6 is 0 Å². The first-order valence-corrected chi connectivity index (χ1v) is 10.6. The van der Waals surface area contributed by atoms with E-state index in [1.807, 2.05) is 0 Å². The molecule has 0 heterocycles. The topological polar surface area (TPSA) is 77.5 Å². The van der Waals surface area contributed by atoms with Crippen molar-refractivity contribution in [3.63, 3.8) is 0 Å². The maximum absolute atomic E-state index is 13.3. The van der Waals surface area contributed by atoms with E-state index in [-0.39, 0.29) is 10.6 Å². The van der Waals surface area contributed by atoms with Gasteiger partial charge in [0.25, 0.3) is 0 Å². The van der Waals surface area contributed by atoms with Crippen LogP contribution in [0.3, 0.4) is 0 Å². The van der Waals surface area contributed by atoms with Gasteiger partial charge in [0.05, 0.1) is 10.5 Å². The molecule has 2 aromatic rings. The molecule has 0 saturated carbocycles. The van der Waals surface area contributed by atoms with E-state index < -0.39 is 47.9 Å². The van der Waals surface area contributed by atoms with Gasteiger partial charge in [-0.1, -0.05) is 0 Å². The van der Waals surface area contributed by atoms with Gasteiger partial charge >= 0.3 is 6.18 Å².